The molecule has 0 bridgehead atoms. The Morgan fingerprint density at radius 3 is 2.84 bits per heavy atom. The van der Waals surface area contributed by atoms with Crippen molar-refractivity contribution >= 4 is 21.8 Å². The minimum atomic E-state index is -0.292. The van der Waals surface area contributed by atoms with Gasteiger partial charge in [-0.25, -0.2) is 0 Å². The molecule has 19 heavy (non-hydrogen) atoms. The van der Waals surface area contributed by atoms with Gasteiger partial charge in [-0.1, -0.05) is 6.92 Å². The van der Waals surface area contributed by atoms with Crippen molar-refractivity contribution < 1.29 is 4.79 Å². The average molecular weight is 326 g/mol. The summed E-state index contributed by atoms with van der Waals surface area (Å²) in [5.74, 6) is -0.0423. The molecule has 2 heterocycles. The molecule has 2 rings (SSSR count). The van der Waals surface area contributed by atoms with Gasteiger partial charge in [0.15, 0.2) is 0 Å². The third-order valence-electron chi connectivity index (χ3n) is 2.94. The van der Waals surface area contributed by atoms with E-state index in [1.807, 2.05) is 20.0 Å². The van der Waals surface area contributed by atoms with Gasteiger partial charge >= 0.3 is 0 Å². The molecular weight excluding hydrogens is 310 g/mol. The van der Waals surface area contributed by atoms with E-state index in [2.05, 4.69) is 31.4 Å². The SMILES string of the molecule is CCC(C(=O)NCc1ccnn1C)n1cc(Br)cn1. The van der Waals surface area contributed by atoms with Gasteiger partial charge in [-0.3, -0.25) is 14.2 Å². The van der Waals surface area contributed by atoms with E-state index in [1.54, 1.807) is 28.0 Å². The number of carbonyl (C=O) groups is 1. The lowest BCUT2D eigenvalue weighted by atomic mass is 10.2. The van der Waals surface area contributed by atoms with Gasteiger partial charge in [0.25, 0.3) is 0 Å². The molecule has 0 spiro atoms. The molecule has 102 valence electrons. The number of hydrogen-bond acceptors (Lipinski definition) is 3. The highest BCUT2D eigenvalue weighted by atomic mass is 79.9. The predicted octanol–water partition coefficient (Wildman–Crippen LogP) is 1.65. The summed E-state index contributed by atoms with van der Waals surface area (Å²) in [4.78, 5) is 12.2. The number of halogens is 1. The zero-order valence-electron chi connectivity index (χ0n) is 10.9. The molecule has 0 radical (unpaired) electrons. The fourth-order valence-corrected chi connectivity index (χ4v) is 2.15. The van der Waals surface area contributed by atoms with Gasteiger partial charge in [-0.15, -0.1) is 0 Å². The van der Waals surface area contributed by atoms with Crippen molar-refractivity contribution in [1.29, 1.82) is 0 Å². The fourth-order valence-electron chi connectivity index (χ4n) is 1.85. The maximum atomic E-state index is 12.2. The summed E-state index contributed by atoms with van der Waals surface area (Å²) in [7, 11) is 1.85. The maximum absolute atomic E-state index is 12.2. The van der Waals surface area contributed by atoms with E-state index in [-0.39, 0.29) is 11.9 Å². The molecule has 2 aromatic rings. The Morgan fingerprint density at radius 1 is 1.53 bits per heavy atom. The lowest BCUT2D eigenvalue weighted by Gasteiger charge is -2.15. The summed E-state index contributed by atoms with van der Waals surface area (Å²) in [5.41, 5.74) is 0.963. The quantitative estimate of drug-likeness (QED) is 0.909. The molecule has 2 aromatic heterocycles. The Hall–Kier alpha value is -1.63. The van der Waals surface area contributed by atoms with E-state index >= 15 is 0 Å². The van der Waals surface area contributed by atoms with E-state index in [0.717, 1.165) is 10.2 Å². The second kappa shape index (κ2) is 6.01. The van der Waals surface area contributed by atoms with E-state index in [9.17, 15) is 4.79 Å². The van der Waals surface area contributed by atoms with E-state index in [0.29, 0.717) is 13.0 Å². The highest BCUT2D eigenvalue weighted by Gasteiger charge is 2.19. The van der Waals surface area contributed by atoms with Gasteiger partial charge < -0.3 is 5.32 Å². The van der Waals surface area contributed by atoms with Crippen LogP contribution in [0, 0.1) is 0 Å². The van der Waals surface area contributed by atoms with E-state index in [1.165, 1.54) is 0 Å². The molecule has 0 aromatic carbocycles. The number of nitrogens with zero attached hydrogens (tertiary/aromatic N) is 4. The first-order valence-electron chi connectivity index (χ1n) is 6.06. The van der Waals surface area contributed by atoms with Crippen molar-refractivity contribution in [1.82, 2.24) is 24.9 Å². The van der Waals surface area contributed by atoms with Crippen molar-refractivity contribution in [2.75, 3.05) is 0 Å². The van der Waals surface area contributed by atoms with Crippen molar-refractivity contribution in [2.45, 2.75) is 25.9 Å². The molecular formula is C12H16BrN5O. The number of aromatic nitrogens is 4. The number of carbonyl (C=O) groups excluding carboxylic acids is 1. The van der Waals surface area contributed by atoms with Crippen LogP contribution in [0.4, 0.5) is 0 Å². The molecule has 0 aliphatic carbocycles. The zero-order chi connectivity index (χ0) is 13.8. The molecule has 7 heteroatoms. The van der Waals surface area contributed by atoms with Crippen LogP contribution in [0.25, 0.3) is 0 Å². The Morgan fingerprint density at radius 2 is 2.32 bits per heavy atom. The smallest absolute Gasteiger partial charge is 0.245 e. The van der Waals surface area contributed by atoms with Gasteiger partial charge in [-0.2, -0.15) is 10.2 Å². The average Bonchev–Trinajstić information content (AvgIpc) is 2.97. The van der Waals surface area contributed by atoms with Crippen LogP contribution in [0.3, 0.4) is 0 Å². The summed E-state index contributed by atoms with van der Waals surface area (Å²) in [6.45, 7) is 2.43. The Bertz CT molecular complexity index is 562. The molecule has 1 N–H and O–H groups in total. The Balaban J connectivity index is 2.00. The molecule has 1 unspecified atom stereocenters. The van der Waals surface area contributed by atoms with Crippen LogP contribution in [0.15, 0.2) is 29.1 Å². The number of hydrogen-bond donors (Lipinski definition) is 1. The lowest BCUT2D eigenvalue weighted by Crippen LogP contribution is -2.32. The second-order valence-electron chi connectivity index (χ2n) is 4.23. The molecule has 0 saturated carbocycles. The number of aryl methyl sites for hydroxylation is 1. The van der Waals surface area contributed by atoms with Gasteiger partial charge in [0, 0.05) is 19.4 Å². The van der Waals surface area contributed by atoms with Crippen LogP contribution in [-0.4, -0.2) is 25.5 Å². The molecule has 0 aliphatic rings. The van der Waals surface area contributed by atoms with E-state index in [4.69, 9.17) is 0 Å². The van der Waals surface area contributed by atoms with E-state index < -0.39 is 0 Å². The molecule has 0 saturated heterocycles. The first kappa shape index (κ1) is 13.8. The Kier molecular flexibility index (Phi) is 4.36. The zero-order valence-corrected chi connectivity index (χ0v) is 12.5. The summed E-state index contributed by atoms with van der Waals surface area (Å²) < 4.78 is 4.28. The normalized spacial score (nSPS) is 12.4. The molecule has 1 amide bonds. The first-order chi connectivity index (χ1) is 9.11. The highest BCUT2D eigenvalue weighted by Crippen LogP contribution is 2.15. The van der Waals surface area contributed by atoms with Crippen LogP contribution in [0.2, 0.25) is 0 Å². The molecule has 6 nitrogen and oxygen atoms in total. The second-order valence-corrected chi connectivity index (χ2v) is 5.14. The summed E-state index contributed by atoms with van der Waals surface area (Å²) in [5, 5.41) is 11.1. The standard InChI is InChI=1S/C12H16BrN5O/c1-3-11(18-8-9(13)6-16-18)12(19)14-7-10-4-5-15-17(10)2/h4-6,8,11H,3,7H2,1-2H3,(H,14,19). The van der Waals surface area contributed by atoms with Crippen molar-refractivity contribution in [3.63, 3.8) is 0 Å². The maximum Gasteiger partial charge on any atom is 0.245 e. The van der Waals surface area contributed by atoms with Crippen molar-refractivity contribution in [2.24, 2.45) is 7.05 Å². The van der Waals surface area contributed by atoms with Crippen LogP contribution >= 0.6 is 15.9 Å². The van der Waals surface area contributed by atoms with Gasteiger partial charge in [-0.05, 0) is 28.4 Å². The molecule has 0 fully saturated rings. The van der Waals surface area contributed by atoms with Crippen LogP contribution in [0.5, 0.6) is 0 Å². The van der Waals surface area contributed by atoms with Crippen molar-refractivity contribution in [3.8, 4) is 0 Å². The fraction of sp³-hybridized carbons (Fsp3) is 0.417. The number of nitrogens with one attached hydrogen (secondary N) is 1. The van der Waals surface area contributed by atoms with Crippen LogP contribution in [0.1, 0.15) is 25.1 Å². The Labute approximate surface area is 119 Å². The third kappa shape index (κ3) is 3.23. The van der Waals surface area contributed by atoms with Crippen LogP contribution < -0.4 is 5.32 Å². The summed E-state index contributed by atoms with van der Waals surface area (Å²) in [6.07, 6.45) is 5.88. The van der Waals surface area contributed by atoms with Gasteiger partial charge in [0.1, 0.15) is 6.04 Å². The predicted molar refractivity (Wildman–Crippen MR) is 74.3 cm³/mol. The summed E-state index contributed by atoms with van der Waals surface area (Å²) in [6, 6.07) is 1.59. The topological polar surface area (TPSA) is 64.7 Å². The molecule has 0 aliphatic heterocycles. The highest BCUT2D eigenvalue weighted by molar-refractivity contribution is 9.10. The number of amides is 1. The summed E-state index contributed by atoms with van der Waals surface area (Å²) >= 11 is 3.33. The van der Waals surface area contributed by atoms with Crippen LogP contribution in [-0.2, 0) is 18.4 Å². The third-order valence-corrected chi connectivity index (χ3v) is 3.35. The largest absolute Gasteiger partial charge is 0.349 e. The monoisotopic (exact) mass is 325 g/mol. The minimum absolute atomic E-state index is 0.0423. The van der Waals surface area contributed by atoms with Gasteiger partial charge in [0.05, 0.1) is 22.9 Å². The minimum Gasteiger partial charge on any atom is -0.349 e. The lowest BCUT2D eigenvalue weighted by molar-refractivity contribution is -0.124. The van der Waals surface area contributed by atoms with Gasteiger partial charge in [0.2, 0.25) is 5.91 Å². The van der Waals surface area contributed by atoms with Crippen molar-refractivity contribution in [3.05, 3.63) is 34.8 Å². The first-order valence-corrected chi connectivity index (χ1v) is 6.85. The molecule has 1 atom stereocenters. The number of rotatable bonds is 5.